The van der Waals surface area contributed by atoms with Gasteiger partial charge in [-0.15, -0.1) is 0 Å². The lowest BCUT2D eigenvalue weighted by atomic mass is 9.86. The summed E-state index contributed by atoms with van der Waals surface area (Å²) in [6, 6.07) is 6.26. The van der Waals surface area contributed by atoms with Gasteiger partial charge >= 0.3 is 5.97 Å². The van der Waals surface area contributed by atoms with Gasteiger partial charge in [0.15, 0.2) is 0 Å². The van der Waals surface area contributed by atoms with Gasteiger partial charge in [0.2, 0.25) is 0 Å². The van der Waals surface area contributed by atoms with Crippen molar-refractivity contribution in [2.45, 2.75) is 64.7 Å². The van der Waals surface area contributed by atoms with Crippen LogP contribution in [0, 0.1) is 0 Å². The van der Waals surface area contributed by atoms with Crippen LogP contribution in [-0.4, -0.2) is 57.6 Å². The second-order valence-electron chi connectivity index (χ2n) is 9.21. The van der Waals surface area contributed by atoms with Gasteiger partial charge in [-0.05, 0) is 43.5 Å². The Balaban J connectivity index is 1.59. The molecule has 35 heavy (non-hydrogen) atoms. The molecular formula is C27H30N2O6. The summed E-state index contributed by atoms with van der Waals surface area (Å²) in [6.07, 6.45) is 6.93. The molecule has 8 heteroatoms. The zero-order chi connectivity index (χ0) is 25.1. The second-order valence-corrected chi connectivity index (χ2v) is 9.21. The van der Waals surface area contributed by atoms with Gasteiger partial charge in [-0.2, -0.15) is 0 Å². The van der Waals surface area contributed by atoms with Crippen molar-refractivity contribution in [1.82, 2.24) is 9.80 Å². The minimum Gasteiger partial charge on any atom is -0.481 e. The average Bonchev–Trinajstić information content (AvgIpc) is 2.84. The lowest BCUT2D eigenvalue weighted by molar-refractivity contribution is -0.137. The summed E-state index contributed by atoms with van der Waals surface area (Å²) < 4.78 is 0. The summed E-state index contributed by atoms with van der Waals surface area (Å²) >= 11 is 0. The summed E-state index contributed by atoms with van der Waals surface area (Å²) in [4.78, 5) is 65.9. The van der Waals surface area contributed by atoms with Crippen LogP contribution in [-0.2, 0) is 4.79 Å². The fourth-order valence-electron chi connectivity index (χ4n) is 4.98. The van der Waals surface area contributed by atoms with Gasteiger partial charge in [-0.1, -0.05) is 39.0 Å². The largest absolute Gasteiger partial charge is 0.481 e. The summed E-state index contributed by atoms with van der Waals surface area (Å²) in [6.45, 7) is 2.61. The van der Waals surface area contributed by atoms with Crippen LogP contribution in [0.25, 0.3) is 10.8 Å². The van der Waals surface area contributed by atoms with E-state index >= 15 is 0 Å². The molecule has 0 aliphatic carbocycles. The molecule has 0 unspecified atom stereocenters. The van der Waals surface area contributed by atoms with E-state index in [9.17, 15) is 24.0 Å². The number of aliphatic carboxylic acids is 1. The molecule has 0 saturated heterocycles. The van der Waals surface area contributed by atoms with Crippen molar-refractivity contribution in [1.29, 1.82) is 0 Å². The molecule has 0 aromatic heterocycles. The zero-order valence-electron chi connectivity index (χ0n) is 20.0. The Morgan fingerprint density at radius 2 is 1.00 bits per heavy atom. The highest BCUT2D eigenvalue weighted by molar-refractivity contribution is 6.33. The molecule has 2 aromatic rings. The Bertz CT molecular complexity index is 1150. The number of unbranched alkanes of at least 4 members (excludes halogenated alkanes) is 6. The highest BCUT2D eigenvalue weighted by atomic mass is 16.4. The molecule has 0 atom stereocenters. The lowest BCUT2D eigenvalue weighted by Crippen LogP contribution is -2.43. The Morgan fingerprint density at radius 3 is 1.40 bits per heavy atom. The molecule has 0 bridgehead atoms. The first-order valence-corrected chi connectivity index (χ1v) is 12.4. The van der Waals surface area contributed by atoms with Crippen LogP contribution in [0.3, 0.4) is 0 Å². The third-order valence-corrected chi connectivity index (χ3v) is 6.82. The van der Waals surface area contributed by atoms with E-state index in [0.717, 1.165) is 37.0 Å². The SMILES string of the molecule is CCCCCCCCN1C(=O)c2ccc3c4c(ccc(c24)C1=O)C(=O)N(CCCCC(=O)O)C3=O. The van der Waals surface area contributed by atoms with E-state index in [2.05, 4.69) is 6.92 Å². The number of carboxylic acid groups (broad SMARTS) is 1. The molecule has 2 heterocycles. The predicted octanol–water partition coefficient (Wildman–Crippen LogP) is 4.65. The maximum Gasteiger partial charge on any atom is 0.303 e. The number of amides is 4. The Morgan fingerprint density at radius 1 is 0.629 bits per heavy atom. The van der Waals surface area contributed by atoms with Gasteiger partial charge in [-0.25, -0.2) is 0 Å². The number of carbonyl (C=O) groups excluding carboxylic acids is 4. The van der Waals surface area contributed by atoms with Crippen LogP contribution in [0.5, 0.6) is 0 Å². The van der Waals surface area contributed by atoms with Gasteiger partial charge in [0.05, 0.1) is 0 Å². The molecule has 0 fully saturated rings. The average molecular weight is 479 g/mol. The standard InChI is InChI=1S/C27H30N2O6/c1-2-3-4-5-6-8-15-28-24(32)17-11-13-19-23-20(14-12-18(22(17)23)25(28)33)27(35)29(26(19)34)16-9-7-10-21(30)31/h11-14H,2-10,15-16H2,1H3,(H,30,31). The van der Waals surface area contributed by atoms with Crippen LogP contribution in [0.15, 0.2) is 24.3 Å². The maximum atomic E-state index is 13.2. The van der Waals surface area contributed by atoms with Crippen LogP contribution in [0.1, 0.15) is 106 Å². The molecule has 0 radical (unpaired) electrons. The number of carbonyl (C=O) groups is 5. The minimum atomic E-state index is -0.925. The summed E-state index contributed by atoms with van der Waals surface area (Å²) in [5.41, 5.74) is 1.23. The van der Waals surface area contributed by atoms with Crippen molar-refractivity contribution in [3.05, 3.63) is 46.5 Å². The highest BCUT2D eigenvalue weighted by Crippen LogP contribution is 2.38. The Hall–Kier alpha value is -3.55. The molecule has 0 spiro atoms. The van der Waals surface area contributed by atoms with E-state index in [0.29, 0.717) is 41.3 Å². The van der Waals surface area contributed by atoms with Crippen molar-refractivity contribution in [2.24, 2.45) is 0 Å². The first kappa shape index (κ1) is 24.6. The lowest BCUT2D eigenvalue weighted by Gasteiger charge is -2.32. The van der Waals surface area contributed by atoms with E-state index in [1.807, 2.05) is 0 Å². The van der Waals surface area contributed by atoms with Gasteiger partial charge in [0.1, 0.15) is 0 Å². The fraction of sp³-hybridized carbons (Fsp3) is 0.444. The number of carboxylic acids is 1. The zero-order valence-corrected chi connectivity index (χ0v) is 20.0. The maximum absolute atomic E-state index is 13.2. The number of hydrogen-bond acceptors (Lipinski definition) is 5. The molecule has 4 amide bonds. The predicted molar refractivity (Wildman–Crippen MR) is 130 cm³/mol. The van der Waals surface area contributed by atoms with Crippen molar-refractivity contribution in [3.63, 3.8) is 0 Å². The topological polar surface area (TPSA) is 112 Å². The van der Waals surface area contributed by atoms with E-state index < -0.39 is 29.6 Å². The smallest absolute Gasteiger partial charge is 0.303 e. The van der Waals surface area contributed by atoms with Crippen LogP contribution in [0.4, 0.5) is 0 Å². The fourth-order valence-corrected chi connectivity index (χ4v) is 4.98. The minimum absolute atomic E-state index is 0.0332. The highest BCUT2D eigenvalue weighted by Gasteiger charge is 2.39. The molecule has 1 N–H and O–H groups in total. The molecular weight excluding hydrogens is 448 g/mol. The molecule has 2 aromatic carbocycles. The van der Waals surface area contributed by atoms with Gasteiger partial charge in [0.25, 0.3) is 23.6 Å². The van der Waals surface area contributed by atoms with E-state index in [4.69, 9.17) is 5.11 Å². The summed E-state index contributed by atoms with van der Waals surface area (Å²) in [5.74, 6) is -2.69. The number of nitrogens with zero attached hydrogens (tertiary/aromatic N) is 2. The van der Waals surface area contributed by atoms with Gasteiger partial charge < -0.3 is 5.11 Å². The van der Waals surface area contributed by atoms with Crippen molar-refractivity contribution >= 4 is 40.4 Å². The summed E-state index contributed by atoms with van der Waals surface area (Å²) in [5, 5.41) is 9.55. The Kier molecular flexibility index (Phi) is 7.28. The first-order valence-electron chi connectivity index (χ1n) is 12.4. The van der Waals surface area contributed by atoms with E-state index in [1.165, 1.54) is 11.3 Å². The monoisotopic (exact) mass is 478 g/mol. The quantitative estimate of drug-likeness (QED) is 0.351. The number of benzene rings is 2. The van der Waals surface area contributed by atoms with Crippen LogP contribution >= 0.6 is 0 Å². The first-order chi connectivity index (χ1) is 16.9. The summed E-state index contributed by atoms with van der Waals surface area (Å²) in [7, 11) is 0. The van der Waals surface area contributed by atoms with Crippen molar-refractivity contribution < 1.29 is 29.1 Å². The third kappa shape index (κ3) is 4.57. The van der Waals surface area contributed by atoms with Gasteiger partial charge in [0, 0.05) is 52.5 Å². The molecule has 8 nitrogen and oxygen atoms in total. The molecule has 0 saturated carbocycles. The normalized spacial score (nSPS) is 14.9. The molecule has 184 valence electrons. The van der Waals surface area contributed by atoms with Crippen LogP contribution < -0.4 is 0 Å². The second kappa shape index (κ2) is 10.4. The molecule has 4 rings (SSSR count). The van der Waals surface area contributed by atoms with E-state index in [-0.39, 0.29) is 24.1 Å². The van der Waals surface area contributed by atoms with E-state index in [1.54, 1.807) is 24.3 Å². The molecule has 2 aliphatic rings. The number of hydrogen-bond donors (Lipinski definition) is 1. The number of imide groups is 2. The third-order valence-electron chi connectivity index (χ3n) is 6.82. The van der Waals surface area contributed by atoms with Gasteiger partial charge in [-0.3, -0.25) is 33.8 Å². The van der Waals surface area contributed by atoms with Crippen LogP contribution in [0.2, 0.25) is 0 Å². The van der Waals surface area contributed by atoms with Crippen molar-refractivity contribution in [2.75, 3.05) is 13.1 Å². The molecule has 2 aliphatic heterocycles. The Labute approximate surface area is 203 Å². The van der Waals surface area contributed by atoms with Crippen molar-refractivity contribution in [3.8, 4) is 0 Å². The number of rotatable bonds is 12.